The standard InChI is InChI=1S/C20H29NO3/c1-13(2)15-4-6-16(7-5-15)14(3)12-19(22)21-18-10-8-17(9-11-18)20(23)24/h4-7,13-14,17-18H,8-12H2,1-3H3,(H,21,22)(H,23,24). The van der Waals surface area contributed by atoms with Crippen molar-refractivity contribution in [3.05, 3.63) is 35.4 Å². The Hall–Kier alpha value is -1.84. The van der Waals surface area contributed by atoms with Crippen LogP contribution in [0.1, 0.15) is 75.8 Å². The number of nitrogens with one attached hydrogen (secondary N) is 1. The van der Waals surface area contributed by atoms with Crippen LogP contribution in [0.25, 0.3) is 0 Å². The van der Waals surface area contributed by atoms with Crippen LogP contribution < -0.4 is 5.32 Å². The highest BCUT2D eigenvalue weighted by molar-refractivity contribution is 5.77. The highest BCUT2D eigenvalue weighted by atomic mass is 16.4. The molecule has 0 radical (unpaired) electrons. The summed E-state index contributed by atoms with van der Waals surface area (Å²) in [4.78, 5) is 23.2. The normalized spacial score (nSPS) is 22.2. The maximum atomic E-state index is 12.3. The number of amides is 1. The van der Waals surface area contributed by atoms with Crippen molar-refractivity contribution in [2.24, 2.45) is 5.92 Å². The number of carbonyl (C=O) groups is 2. The molecule has 24 heavy (non-hydrogen) atoms. The van der Waals surface area contributed by atoms with Gasteiger partial charge in [0.1, 0.15) is 0 Å². The third-order valence-electron chi connectivity index (χ3n) is 5.11. The molecule has 4 heteroatoms. The van der Waals surface area contributed by atoms with Crippen molar-refractivity contribution in [3.63, 3.8) is 0 Å². The number of hydrogen-bond donors (Lipinski definition) is 2. The number of aliphatic carboxylic acids is 1. The van der Waals surface area contributed by atoms with Crippen LogP contribution in [0.5, 0.6) is 0 Å². The maximum absolute atomic E-state index is 12.3. The average molecular weight is 331 g/mol. The molecule has 1 saturated carbocycles. The van der Waals surface area contributed by atoms with Crippen LogP contribution in [0.4, 0.5) is 0 Å². The first-order valence-corrected chi connectivity index (χ1v) is 8.98. The zero-order valence-corrected chi connectivity index (χ0v) is 14.9. The average Bonchev–Trinajstić information content (AvgIpc) is 2.55. The van der Waals surface area contributed by atoms with E-state index in [2.05, 4.69) is 50.4 Å². The minimum Gasteiger partial charge on any atom is -0.481 e. The molecule has 2 N–H and O–H groups in total. The van der Waals surface area contributed by atoms with Crippen molar-refractivity contribution in [1.29, 1.82) is 0 Å². The van der Waals surface area contributed by atoms with Gasteiger partial charge in [0.25, 0.3) is 0 Å². The fourth-order valence-corrected chi connectivity index (χ4v) is 3.38. The summed E-state index contributed by atoms with van der Waals surface area (Å²) >= 11 is 0. The summed E-state index contributed by atoms with van der Waals surface area (Å²) in [6, 6.07) is 8.64. The second kappa shape index (κ2) is 8.32. The fraction of sp³-hybridized carbons (Fsp3) is 0.600. The maximum Gasteiger partial charge on any atom is 0.306 e. The SMILES string of the molecule is CC(C)c1ccc(C(C)CC(=O)NC2CCC(C(=O)O)CC2)cc1. The lowest BCUT2D eigenvalue weighted by molar-refractivity contribution is -0.142. The van der Waals surface area contributed by atoms with Gasteiger partial charge in [-0.3, -0.25) is 9.59 Å². The summed E-state index contributed by atoms with van der Waals surface area (Å²) in [5, 5.41) is 12.1. The van der Waals surface area contributed by atoms with Gasteiger partial charge in [-0.2, -0.15) is 0 Å². The van der Waals surface area contributed by atoms with Gasteiger partial charge in [0.2, 0.25) is 5.91 Å². The number of carboxylic acid groups (broad SMARTS) is 1. The molecule has 1 unspecified atom stereocenters. The number of benzene rings is 1. The molecule has 1 aliphatic carbocycles. The van der Waals surface area contributed by atoms with Gasteiger partial charge >= 0.3 is 5.97 Å². The monoisotopic (exact) mass is 331 g/mol. The predicted molar refractivity (Wildman–Crippen MR) is 95.1 cm³/mol. The molecule has 1 amide bonds. The Balaban J connectivity index is 1.80. The summed E-state index contributed by atoms with van der Waals surface area (Å²) in [6.07, 6.45) is 3.32. The molecule has 0 spiro atoms. The van der Waals surface area contributed by atoms with Crippen LogP contribution in [0, 0.1) is 5.92 Å². The molecule has 0 bridgehead atoms. The smallest absolute Gasteiger partial charge is 0.306 e. The van der Waals surface area contributed by atoms with Crippen LogP contribution >= 0.6 is 0 Å². The second-order valence-electron chi connectivity index (χ2n) is 7.38. The van der Waals surface area contributed by atoms with E-state index in [1.807, 2.05) is 0 Å². The summed E-state index contributed by atoms with van der Waals surface area (Å²) in [5.74, 6) is -0.191. The molecule has 132 valence electrons. The molecular formula is C20H29NO3. The number of rotatable bonds is 6. The lowest BCUT2D eigenvalue weighted by atomic mass is 9.86. The van der Waals surface area contributed by atoms with Gasteiger partial charge in [-0.05, 0) is 48.6 Å². The van der Waals surface area contributed by atoms with Crippen LogP contribution in [0.2, 0.25) is 0 Å². The van der Waals surface area contributed by atoms with Crippen LogP contribution in [0.3, 0.4) is 0 Å². The first-order valence-electron chi connectivity index (χ1n) is 8.98. The Bertz CT molecular complexity index is 557. The van der Waals surface area contributed by atoms with E-state index in [1.165, 1.54) is 11.1 Å². The minimum absolute atomic E-state index is 0.0641. The van der Waals surface area contributed by atoms with E-state index >= 15 is 0 Å². The van der Waals surface area contributed by atoms with Crippen molar-refractivity contribution < 1.29 is 14.7 Å². The van der Waals surface area contributed by atoms with E-state index < -0.39 is 5.97 Å². The molecule has 1 fully saturated rings. The van der Waals surface area contributed by atoms with Gasteiger partial charge in [-0.15, -0.1) is 0 Å². The first kappa shape index (κ1) is 18.5. The van der Waals surface area contributed by atoms with E-state index in [-0.39, 0.29) is 23.8 Å². The molecule has 4 nitrogen and oxygen atoms in total. The molecule has 1 aliphatic rings. The Kier molecular flexibility index (Phi) is 6.41. The van der Waals surface area contributed by atoms with Crippen molar-refractivity contribution >= 4 is 11.9 Å². The summed E-state index contributed by atoms with van der Waals surface area (Å²) in [7, 11) is 0. The highest BCUT2D eigenvalue weighted by Gasteiger charge is 2.26. The van der Waals surface area contributed by atoms with Crippen LogP contribution in [-0.2, 0) is 9.59 Å². The number of carbonyl (C=O) groups excluding carboxylic acids is 1. The predicted octanol–water partition coefficient (Wildman–Crippen LogP) is 4.06. The van der Waals surface area contributed by atoms with E-state index in [1.54, 1.807) is 0 Å². The molecule has 1 aromatic rings. The second-order valence-corrected chi connectivity index (χ2v) is 7.38. The van der Waals surface area contributed by atoms with Crippen molar-refractivity contribution in [2.45, 2.75) is 70.8 Å². The van der Waals surface area contributed by atoms with Crippen molar-refractivity contribution in [2.75, 3.05) is 0 Å². The Morgan fingerprint density at radius 1 is 1.04 bits per heavy atom. The largest absolute Gasteiger partial charge is 0.481 e. The van der Waals surface area contributed by atoms with Crippen molar-refractivity contribution in [1.82, 2.24) is 5.32 Å². The summed E-state index contributed by atoms with van der Waals surface area (Å²) < 4.78 is 0. The van der Waals surface area contributed by atoms with E-state index in [0.717, 1.165) is 12.8 Å². The lowest BCUT2D eigenvalue weighted by Crippen LogP contribution is -2.39. The number of carboxylic acids is 1. The lowest BCUT2D eigenvalue weighted by Gasteiger charge is -2.27. The third kappa shape index (κ3) is 5.08. The van der Waals surface area contributed by atoms with Gasteiger partial charge in [0.15, 0.2) is 0 Å². The van der Waals surface area contributed by atoms with Crippen LogP contribution in [0.15, 0.2) is 24.3 Å². The summed E-state index contributed by atoms with van der Waals surface area (Å²) in [5.41, 5.74) is 2.50. The Morgan fingerprint density at radius 2 is 1.58 bits per heavy atom. The molecule has 1 aromatic carbocycles. The van der Waals surface area contributed by atoms with E-state index in [4.69, 9.17) is 5.11 Å². The van der Waals surface area contributed by atoms with Crippen molar-refractivity contribution in [3.8, 4) is 0 Å². The first-order chi connectivity index (χ1) is 11.4. The van der Waals surface area contributed by atoms with Gasteiger partial charge in [-0.25, -0.2) is 0 Å². The topological polar surface area (TPSA) is 66.4 Å². The van der Waals surface area contributed by atoms with Gasteiger partial charge in [0, 0.05) is 12.5 Å². The molecular weight excluding hydrogens is 302 g/mol. The quantitative estimate of drug-likeness (QED) is 0.826. The molecule has 1 atom stereocenters. The molecule has 2 rings (SSSR count). The molecule has 0 saturated heterocycles. The molecule has 0 aromatic heterocycles. The molecule has 0 heterocycles. The zero-order chi connectivity index (χ0) is 17.7. The van der Waals surface area contributed by atoms with E-state index in [9.17, 15) is 9.59 Å². The minimum atomic E-state index is -0.710. The van der Waals surface area contributed by atoms with Gasteiger partial charge in [-0.1, -0.05) is 45.0 Å². The highest BCUT2D eigenvalue weighted by Crippen LogP contribution is 2.26. The molecule has 0 aliphatic heterocycles. The van der Waals surface area contributed by atoms with Crippen LogP contribution in [-0.4, -0.2) is 23.0 Å². The third-order valence-corrected chi connectivity index (χ3v) is 5.11. The van der Waals surface area contributed by atoms with E-state index in [0.29, 0.717) is 25.2 Å². The Morgan fingerprint density at radius 3 is 2.08 bits per heavy atom. The van der Waals surface area contributed by atoms with Gasteiger partial charge < -0.3 is 10.4 Å². The Labute approximate surface area is 144 Å². The van der Waals surface area contributed by atoms with Gasteiger partial charge in [0.05, 0.1) is 5.92 Å². The summed E-state index contributed by atoms with van der Waals surface area (Å²) in [6.45, 7) is 6.42. The number of hydrogen-bond acceptors (Lipinski definition) is 2. The fourth-order valence-electron chi connectivity index (χ4n) is 3.38. The zero-order valence-electron chi connectivity index (χ0n) is 14.9.